The van der Waals surface area contributed by atoms with Crippen LogP contribution in [0.5, 0.6) is 5.75 Å². The summed E-state index contributed by atoms with van der Waals surface area (Å²) < 4.78 is 19.2. The van der Waals surface area contributed by atoms with Gasteiger partial charge in [-0.25, -0.2) is 14.0 Å². The van der Waals surface area contributed by atoms with Crippen molar-refractivity contribution in [3.63, 3.8) is 0 Å². The number of ether oxygens (including phenoxy) is 1. The molecule has 1 atom stereocenters. The largest absolute Gasteiger partial charge is 0.497 e. The number of nitrogens with one attached hydrogen (secondary N) is 2. The number of nitrogens with zero attached hydrogens (tertiary/aromatic N) is 1. The van der Waals surface area contributed by atoms with Crippen molar-refractivity contribution in [2.75, 3.05) is 26.7 Å². The molecule has 2 aromatic carbocycles. The molecule has 148 valence electrons. The van der Waals surface area contributed by atoms with Crippen LogP contribution in [0.1, 0.15) is 27.5 Å². The molecule has 0 saturated carbocycles. The molecule has 0 aliphatic carbocycles. The van der Waals surface area contributed by atoms with E-state index in [1.165, 1.54) is 12.1 Å². The molecule has 1 saturated heterocycles. The topological polar surface area (TPSA) is 90.9 Å². The zero-order valence-electron chi connectivity index (χ0n) is 15.4. The van der Waals surface area contributed by atoms with Crippen LogP contribution in [0.2, 0.25) is 0 Å². The van der Waals surface area contributed by atoms with Crippen molar-refractivity contribution in [3.8, 4) is 5.75 Å². The quantitative estimate of drug-likeness (QED) is 0.733. The van der Waals surface area contributed by atoms with Crippen molar-refractivity contribution in [1.29, 1.82) is 0 Å². The van der Waals surface area contributed by atoms with Crippen molar-refractivity contribution in [2.24, 2.45) is 0 Å². The summed E-state index contributed by atoms with van der Waals surface area (Å²) in [5.74, 6) is -1.12. The number of halogens is 1. The molecule has 8 heteroatoms. The molecule has 1 aliphatic heterocycles. The summed E-state index contributed by atoms with van der Waals surface area (Å²) in [6.07, 6.45) is 0. The Morgan fingerprint density at radius 2 is 2.04 bits per heavy atom. The Balaban J connectivity index is 1.68. The number of carboxylic acids is 1. The maximum atomic E-state index is 14.1. The maximum Gasteiger partial charge on any atom is 0.335 e. The van der Waals surface area contributed by atoms with Crippen LogP contribution in [0.15, 0.2) is 42.5 Å². The van der Waals surface area contributed by atoms with Gasteiger partial charge in [-0.1, -0.05) is 18.2 Å². The van der Waals surface area contributed by atoms with Gasteiger partial charge in [-0.2, -0.15) is 0 Å². The van der Waals surface area contributed by atoms with Gasteiger partial charge in [-0.3, -0.25) is 0 Å². The summed E-state index contributed by atoms with van der Waals surface area (Å²) in [5.41, 5.74) is 1.07. The summed E-state index contributed by atoms with van der Waals surface area (Å²) in [5, 5.41) is 14.9. The van der Waals surface area contributed by atoms with Crippen LogP contribution in [0.3, 0.4) is 0 Å². The van der Waals surface area contributed by atoms with Crippen molar-refractivity contribution in [2.45, 2.75) is 12.6 Å². The second-order valence-corrected chi connectivity index (χ2v) is 6.46. The fourth-order valence-corrected chi connectivity index (χ4v) is 3.17. The number of benzene rings is 2. The van der Waals surface area contributed by atoms with Gasteiger partial charge in [0.25, 0.3) is 0 Å². The van der Waals surface area contributed by atoms with E-state index in [0.29, 0.717) is 19.6 Å². The van der Waals surface area contributed by atoms with Crippen LogP contribution in [0.4, 0.5) is 9.18 Å². The number of amides is 2. The van der Waals surface area contributed by atoms with Gasteiger partial charge in [0.05, 0.1) is 18.7 Å². The highest BCUT2D eigenvalue weighted by Gasteiger charge is 2.28. The molecule has 0 radical (unpaired) electrons. The molecule has 7 nitrogen and oxygen atoms in total. The van der Waals surface area contributed by atoms with Gasteiger partial charge in [0.15, 0.2) is 0 Å². The van der Waals surface area contributed by atoms with E-state index < -0.39 is 11.8 Å². The zero-order chi connectivity index (χ0) is 20.1. The van der Waals surface area contributed by atoms with Crippen molar-refractivity contribution in [1.82, 2.24) is 15.5 Å². The molecule has 28 heavy (non-hydrogen) atoms. The van der Waals surface area contributed by atoms with E-state index >= 15 is 0 Å². The Hall–Kier alpha value is -3.13. The molecule has 1 aliphatic rings. The Kier molecular flexibility index (Phi) is 6.10. The molecule has 0 spiro atoms. The molecular weight excluding hydrogens is 365 g/mol. The number of carboxylic acid groups (broad SMARTS) is 1. The summed E-state index contributed by atoms with van der Waals surface area (Å²) in [7, 11) is 1.60. The number of aromatic carboxylic acids is 1. The number of methoxy groups -OCH3 is 1. The molecule has 1 heterocycles. The Morgan fingerprint density at radius 3 is 2.68 bits per heavy atom. The van der Waals surface area contributed by atoms with E-state index in [1.54, 1.807) is 12.0 Å². The Bertz CT molecular complexity index is 857. The minimum atomic E-state index is -1.20. The van der Waals surface area contributed by atoms with Crippen LogP contribution < -0.4 is 15.4 Å². The van der Waals surface area contributed by atoms with Crippen molar-refractivity contribution < 1.29 is 23.8 Å². The van der Waals surface area contributed by atoms with Crippen molar-refractivity contribution in [3.05, 3.63) is 65.0 Å². The molecule has 0 bridgehead atoms. The summed E-state index contributed by atoms with van der Waals surface area (Å²) >= 11 is 0. The molecule has 1 fully saturated rings. The first-order valence-electron chi connectivity index (χ1n) is 8.90. The fourth-order valence-electron chi connectivity index (χ4n) is 3.17. The van der Waals surface area contributed by atoms with Gasteiger partial charge in [0.1, 0.15) is 11.6 Å². The summed E-state index contributed by atoms with van der Waals surface area (Å²) in [4.78, 5) is 25.3. The van der Waals surface area contributed by atoms with Gasteiger partial charge in [-0.05, 0) is 29.8 Å². The lowest BCUT2D eigenvalue weighted by Gasteiger charge is -2.36. The van der Waals surface area contributed by atoms with Crippen molar-refractivity contribution >= 4 is 12.0 Å². The molecule has 2 amide bonds. The lowest BCUT2D eigenvalue weighted by molar-refractivity contribution is 0.0696. The average Bonchev–Trinajstić information content (AvgIpc) is 2.72. The minimum Gasteiger partial charge on any atom is -0.497 e. The monoisotopic (exact) mass is 387 g/mol. The summed E-state index contributed by atoms with van der Waals surface area (Å²) in [6.45, 7) is 1.77. The highest BCUT2D eigenvalue weighted by atomic mass is 19.1. The van der Waals surface area contributed by atoms with Crippen LogP contribution in [-0.4, -0.2) is 48.8 Å². The first kappa shape index (κ1) is 19.6. The molecule has 2 aromatic rings. The van der Waals surface area contributed by atoms with E-state index in [2.05, 4.69) is 10.6 Å². The SMILES string of the molecule is COc1ccc(C2CNCCN2C(=O)NCc2ccc(C(=O)O)cc2F)cc1. The lowest BCUT2D eigenvalue weighted by atomic mass is 10.0. The molecular formula is C20H22FN3O4. The number of hydrogen-bond donors (Lipinski definition) is 3. The van der Waals surface area contributed by atoms with E-state index in [9.17, 15) is 14.0 Å². The smallest absolute Gasteiger partial charge is 0.335 e. The van der Waals surface area contributed by atoms with Crippen LogP contribution in [0.25, 0.3) is 0 Å². The van der Waals surface area contributed by atoms with Gasteiger partial charge in [0.2, 0.25) is 0 Å². The maximum absolute atomic E-state index is 14.1. The normalized spacial score (nSPS) is 16.5. The van der Waals surface area contributed by atoms with Crippen LogP contribution in [-0.2, 0) is 6.54 Å². The third-order valence-electron chi connectivity index (χ3n) is 4.73. The number of rotatable bonds is 5. The highest BCUT2D eigenvalue weighted by molar-refractivity contribution is 5.87. The summed E-state index contributed by atoms with van der Waals surface area (Å²) in [6, 6.07) is 10.7. The van der Waals surface area contributed by atoms with E-state index in [0.717, 1.165) is 17.4 Å². The predicted octanol–water partition coefficient (Wildman–Crippen LogP) is 2.39. The third kappa shape index (κ3) is 4.40. The second-order valence-electron chi connectivity index (χ2n) is 6.46. The molecule has 1 unspecified atom stereocenters. The molecule has 3 N–H and O–H groups in total. The molecule has 0 aromatic heterocycles. The highest BCUT2D eigenvalue weighted by Crippen LogP contribution is 2.24. The average molecular weight is 387 g/mol. The van der Waals surface area contributed by atoms with Gasteiger partial charge in [0, 0.05) is 31.7 Å². The minimum absolute atomic E-state index is 0.0240. The van der Waals surface area contributed by atoms with E-state index in [1.807, 2.05) is 24.3 Å². The number of carbonyl (C=O) groups excluding carboxylic acids is 1. The number of carbonyl (C=O) groups is 2. The Morgan fingerprint density at radius 1 is 1.29 bits per heavy atom. The predicted molar refractivity (Wildman–Crippen MR) is 101 cm³/mol. The van der Waals surface area contributed by atoms with E-state index in [-0.39, 0.29) is 29.7 Å². The zero-order valence-corrected chi connectivity index (χ0v) is 15.4. The Labute approximate surface area is 162 Å². The van der Waals surface area contributed by atoms with Gasteiger partial charge < -0.3 is 25.4 Å². The fraction of sp³-hybridized carbons (Fsp3) is 0.300. The number of hydrogen-bond acceptors (Lipinski definition) is 4. The van der Waals surface area contributed by atoms with Gasteiger partial charge in [-0.15, -0.1) is 0 Å². The standard InChI is InChI=1S/C20H22FN3O4/c1-28-16-6-4-13(5-7-16)18-12-22-8-9-24(18)20(27)23-11-15-3-2-14(19(25)26)10-17(15)21/h2-7,10,18,22H,8-9,11-12H2,1H3,(H,23,27)(H,25,26). The second kappa shape index (κ2) is 8.71. The number of urea groups is 1. The van der Waals surface area contributed by atoms with Crippen LogP contribution in [0, 0.1) is 5.82 Å². The molecule has 3 rings (SSSR count). The van der Waals surface area contributed by atoms with Crippen LogP contribution >= 0.6 is 0 Å². The third-order valence-corrected chi connectivity index (χ3v) is 4.73. The number of piperazine rings is 1. The first-order valence-corrected chi connectivity index (χ1v) is 8.90. The van der Waals surface area contributed by atoms with Gasteiger partial charge >= 0.3 is 12.0 Å². The first-order chi connectivity index (χ1) is 13.5. The lowest BCUT2D eigenvalue weighted by Crippen LogP contribution is -2.51. The van der Waals surface area contributed by atoms with E-state index in [4.69, 9.17) is 9.84 Å².